The number of fused-ring (bicyclic) bond motifs is 1. The molecule has 41 heavy (non-hydrogen) atoms. The van der Waals surface area contributed by atoms with Crippen molar-refractivity contribution in [1.82, 2.24) is 10.6 Å². The number of amides is 2. The van der Waals surface area contributed by atoms with Gasteiger partial charge in [0.2, 0.25) is 11.8 Å². The van der Waals surface area contributed by atoms with Crippen molar-refractivity contribution < 1.29 is 9.59 Å². The Labute approximate surface area is 242 Å². The van der Waals surface area contributed by atoms with Crippen LogP contribution in [0.25, 0.3) is 22.3 Å². The Morgan fingerprint density at radius 3 is 1.44 bits per heavy atom. The van der Waals surface area contributed by atoms with Crippen molar-refractivity contribution in [3.05, 3.63) is 71.8 Å². The van der Waals surface area contributed by atoms with Crippen LogP contribution in [-0.2, 0) is 22.4 Å². The van der Waals surface area contributed by atoms with Crippen molar-refractivity contribution in [2.45, 2.75) is 76.3 Å². The van der Waals surface area contributed by atoms with E-state index < -0.39 is 0 Å². The lowest BCUT2D eigenvalue weighted by atomic mass is 9.82. The zero-order valence-corrected chi connectivity index (χ0v) is 23.7. The molecular weight excluding hydrogens is 508 g/mol. The van der Waals surface area contributed by atoms with E-state index in [9.17, 15) is 9.59 Å². The van der Waals surface area contributed by atoms with Gasteiger partial charge in [-0.3, -0.25) is 9.59 Å². The molecule has 2 amide bonds. The topological polar surface area (TPSA) is 82.3 Å². The predicted octanol–water partition coefficient (Wildman–Crippen LogP) is 6.06. The summed E-state index contributed by atoms with van der Waals surface area (Å²) in [6.45, 7) is 1.83. The van der Waals surface area contributed by atoms with Crippen LogP contribution in [0.15, 0.2) is 60.7 Å². The minimum atomic E-state index is -0.0808. The van der Waals surface area contributed by atoms with E-state index >= 15 is 0 Å². The molecule has 4 aliphatic rings. The minimum Gasteiger partial charge on any atom is -0.325 e. The number of hydrogen-bond acceptors (Lipinski definition) is 4. The van der Waals surface area contributed by atoms with Gasteiger partial charge in [0.15, 0.2) is 0 Å². The maximum atomic E-state index is 12.6. The fourth-order valence-corrected chi connectivity index (χ4v) is 7.67. The predicted molar refractivity (Wildman–Crippen MR) is 165 cm³/mol. The van der Waals surface area contributed by atoms with Crippen molar-refractivity contribution in [3.8, 4) is 22.3 Å². The summed E-state index contributed by atoms with van der Waals surface area (Å²) in [5.74, 6) is 0.119. The first-order valence-electron chi connectivity index (χ1n) is 15.5. The van der Waals surface area contributed by atoms with Crippen LogP contribution in [0.1, 0.15) is 62.5 Å². The molecule has 1 spiro atoms. The normalized spacial score (nSPS) is 22.6. The second-order valence-corrected chi connectivity index (χ2v) is 12.6. The first-order chi connectivity index (χ1) is 20.1. The van der Waals surface area contributed by atoms with Crippen LogP contribution < -0.4 is 21.3 Å². The highest BCUT2D eigenvalue weighted by Gasteiger charge is 2.41. The van der Waals surface area contributed by atoms with Gasteiger partial charge < -0.3 is 21.3 Å². The molecule has 3 aromatic rings. The molecule has 0 aromatic heterocycles. The van der Waals surface area contributed by atoms with Gasteiger partial charge in [-0.1, -0.05) is 49.2 Å². The lowest BCUT2D eigenvalue weighted by Gasteiger charge is -2.22. The number of benzene rings is 3. The second kappa shape index (κ2) is 11.1. The molecule has 2 aliphatic carbocycles. The molecule has 6 heteroatoms. The monoisotopic (exact) mass is 548 g/mol. The molecule has 0 bridgehead atoms. The average Bonchev–Trinajstić information content (AvgIpc) is 3.82. The zero-order valence-electron chi connectivity index (χ0n) is 23.7. The summed E-state index contributed by atoms with van der Waals surface area (Å²) in [6, 6.07) is 21.2. The fourth-order valence-electron chi connectivity index (χ4n) is 7.67. The SMILES string of the molecule is O=C(Nc1ccc(-c2ccc(-c3ccc(NC(=O)C4CCCN4)cc3)c3c2CC2(CCCC2)C3)cc1)C1CCCN1. The fraction of sp³-hybridized carbons (Fsp3) is 0.429. The molecule has 2 aliphatic heterocycles. The van der Waals surface area contributed by atoms with E-state index in [1.54, 1.807) is 0 Å². The Hall–Kier alpha value is -3.48. The van der Waals surface area contributed by atoms with Gasteiger partial charge in [0, 0.05) is 11.4 Å². The van der Waals surface area contributed by atoms with E-state index in [0.29, 0.717) is 5.41 Å². The summed E-state index contributed by atoms with van der Waals surface area (Å²) in [4.78, 5) is 25.2. The van der Waals surface area contributed by atoms with Crippen molar-refractivity contribution in [1.29, 1.82) is 0 Å². The summed E-state index contributed by atoms with van der Waals surface area (Å²) in [7, 11) is 0. The number of nitrogens with one attached hydrogen (secondary N) is 4. The highest BCUT2D eigenvalue weighted by Crippen LogP contribution is 2.53. The first kappa shape index (κ1) is 26.4. The Balaban J connectivity index is 1.15. The van der Waals surface area contributed by atoms with E-state index in [1.165, 1.54) is 59.1 Å². The van der Waals surface area contributed by atoms with E-state index in [4.69, 9.17) is 0 Å². The maximum Gasteiger partial charge on any atom is 0.241 e. The molecule has 0 radical (unpaired) electrons. The molecule has 2 atom stereocenters. The third-order valence-electron chi connectivity index (χ3n) is 9.88. The molecule has 1 saturated carbocycles. The van der Waals surface area contributed by atoms with Gasteiger partial charge in [0.25, 0.3) is 0 Å². The highest BCUT2D eigenvalue weighted by atomic mass is 16.2. The van der Waals surface area contributed by atoms with Gasteiger partial charge in [-0.2, -0.15) is 0 Å². The van der Waals surface area contributed by atoms with E-state index in [2.05, 4.69) is 57.7 Å². The van der Waals surface area contributed by atoms with Crippen molar-refractivity contribution in [3.63, 3.8) is 0 Å². The summed E-state index contributed by atoms with van der Waals surface area (Å²) in [6.07, 6.45) is 11.5. The Morgan fingerprint density at radius 2 is 1.05 bits per heavy atom. The first-order valence-corrected chi connectivity index (χ1v) is 15.5. The van der Waals surface area contributed by atoms with Gasteiger partial charge in [0.05, 0.1) is 12.1 Å². The summed E-state index contributed by atoms with van der Waals surface area (Å²) in [5.41, 5.74) is 10.1. The zero-order chi connectivity index (χ0) is 27.8. The van der Waals surface area contributed by atoms with Crippen LogP contribution in [-0.4, -0.2) is 37.0 Å². The Bertz CT molecular complexity index is 1320. The van der Waals surface area contributed by atoms with Gasteiger partial charge in [-0.05, 0) is 128 Å². The molecule has 2 heterocycles. The molecule has 3 fully saturated rings. The molecular formula is C35H40N4O2. The van der Waals surface area contributed by atoms with Crippen LogP contribution >= 0.6 is 0 Å². The third-order valence-corrected chi connectivity index (χ3v) is 9.88. The Kier molecular flexibility index (Phi) is 7.13. The second-order valence-electron chi connectivity index (χ2n) is 12.6. The summed E-state index contributed by atoms with van der Waals surface area (Å²) >= 11 is 0. The lowest BCUT2D eigenvalue weighted by molar-refractivity contribution is -0.118. The number of anilines is 2. The molecule has 4 N–H and O–H groups in total. The number of hydrogen-bond donors (Lipinski definition) is 4. The molecule has 2 saturated heterocycles. The minimum absolute atomic E-state index is 0.0597. The standard InChI is InChI=1S/C35H40N4O2/c40-33(31-5-3-19-36-31)38-25-11-7-23(8-12-25)27-15-16-28(30-22-35(21-29(27)30)17-1-2-18-35)24-9-13-26(14-10-24)39-34(41)32-6-4-20-37-32/h7-16,31-32,36-37H,1-6,17-22H2,(H,38,40)(H,39,41). The quantitative estimate of drug-likeness (QED) is 0.302. The van der Waals surface area contributed by atoms with Crippen molar-refractivity contribution >= 4 is 23.2 Å². The van der Waals surface area contributed by atoms with Gasteiger partial charge in [-0.15, -0.1) is 0 Å². The van der Waals surface area contributed by atoms with Gasteiger partial charge in [0.1, 0.15) is 0 Å². The Morgan fingerprint density at radius 1 is 0.610 bits per heavy atom. The van der Waals surface area contributed by atoms with E-state index in [0.717, 1.165) is 63.0 Å². The van der Waals surface area contributed by atoms with E-state index in [1.807, 2.05) is 24.3 Å². The average molecular weight is 549 g/mol. The van der Waals surface area contributed by atoms with E-state index in [-0.39, 0.29) is 23.9 Å². The molecule has 7 rings (SSSR count). The van der Waals surface area contributed by atoms with Crippen LogP contribution in [0.3, 0.4) is 0 Å². The third kappa shape index (κ3) is 5.31. The largest absolute Gasteiger partial charge is 0.325 e. The highest BCUT2D eigenvalue weighted by molar-refractivity contribution is 5.96. The van der Waals surface area contributed by atoms with Crippen LogP contribution in [0.4, 0.5) is 11.4 Å². The number of rotatable bonds is 6. The lowest BCUT2D eigenvalue weighted by Crippen LogP contribution is -2.35. The molecule has 6 nitrogen and oxygen atoms in total. The molecule has 212 valence electrons. The number of carbonyl (C=O) groups excluding carboxylic acids is 2. The maximum absolute atomic E-state index is 12.6. The van der Waals surface area contributed by atoms with Crippen molar-refractivity contribution in [2.24, 2.45) is 5.41 Å². The number of carbonyl (C=O) groups is 2. The smallest absolute Gasteiger partial charge is 0.241 e. The van der Waals surface area contributed by atoms with Gasteiger partial charge in [-0.25, -0.2) is 0 Å². The molecule has 3 aromatic carbocycles. The van der Waals surface area contributed by atoms with Crippen LogP contribution in [0, 0.1) is 5.41 Å². The van der Waals surface area contributed by atoms with Crippen LogP contribution in [0.2, 0.25) is 0 Å². The van der Waals surface area contributed by atoms with Crippen molar-refractivity contribution in [2.75, 3.05) is 23.7 Å². The molecule has 2 unspecified atom stereocenters. The van der Waals surface area contributed by atoms with Crippen LogP contribution in [0.5, 0.6) is 0 Å². The summed E-state index contributed by atoms with van der Waals surface area (Å²) in [5, 5.41) is 12.7. The van der Waals surface area contributed by atoms with Gasteiger partial charge >= 0.3 is 0 Å². The summed E-state index contributed by atoms with van der Waals surface area (Å²) < 4.78 is 0.